The lowest BCUT2D eigenvalue weighted by Gasteiger charge is -2.25. The van der Waals surface area contributed by atoms with Gasteiger partial charge in [-0.3, -0.25) is 0 Å². The second-order valence-electron chi connectivity index (χ2n) is 5.90. The summed E-state index contributed by atoms with van der Waals surface area (Å²) < 4.78 is 0. The molecule has 2 heteroatoms. The number of hydrogen-bond donors (Lipinski definition) is 0. The molecule has 106 valence electrons. The highest BCUT2D eigenvalue weighted by atomic mass is 32.1. The van der Waals surface area contributed by atoms with Crippen molar-refractivity contribution in [3.05, 3.63) is 57.8 Å². The van der Waals surface area contributed by atoms with Crippen LogP contribution >= 0.6 is 11.3 Å². The normalized spacial score (nSPS) is 18.2. The van der Waals surface area contributed by atoms with Crippen molar-refractivity contribution in [2.75, 3.05) is 13.6 Å². The van der Waals surface area contributed by atoms with Crippen LogP contribution in [0.3, 0.4) is 0 Å². The lowest BCUT2D eigenvalue weighted by Crippen LogP contribution is -2.21. The molecule has 0 aliphatic heterocycles. The molecule has 0 bridgehead atoms. The Bertz CT molecular complexity index is 531. The van der Waals surface area contributed by atoms with Crippen molar-refractivity contribution in [3.8, 4) is 0 Å². The zero-order chi connectivity index (χ0) is 13.8. The van der Waals surface area contributed by atoms with E-state index in [1.54, 1.807) is 10.4 Å². The van der Waals surface area contributed by atoms with Crippen molar-refractivity contribution >= 4 is 11.3 Å². The van der Waals surface area contributed by atoms with Crippen LogP contribution in [-0.2, 0) is 13.0 Å². The van der Waals surface area contributed by atoms with E-state index in [2.05, 4.69) is 53.7 Å². The fourth-order valence-electron chi connectivity index (χ4n) is 3.23. The Labute approximate surface area is 126 Å². The van der Waals surface area contributed by atoms with Crippen LogP contribution in [0.25, 0.3) is 0 Å². The van der Waals surface area contributed by atoms with E-state index in [0.29, 0.717) is 0 Å². The monoisotopic (exact) mass is 285 g/mol. The van der Waals surface area contributed by atoms with Gasteiger partial charge in [-0.1, -0.05) is 30.3 Å². The molecule has 0 saturated carbocycles. The summed E-state index contributed by atoms with van der Waals surface area (Å²) in [6, 6.07) is 13.1. The number of thiophene rings is 1. The molecule has 0 N–H and O–H groups in total. The van der Waals surface area contributed by atoms with Gasteiger partial charge in [-0.2, -0.15) is 0 Å². The number of hydrogen-bond acceptors (Lipinski definition) is 2. The molecule has 1 nitrogen and oxygen atoms in total. The largest absolute Gasteiger partial charge is 0.302 e. The average Bonchev–Trinajstić information content (AvgIpc) is 2.95. The molecule has 1 atom stereocenters. The molecular formula is C18H23NS. The minimum atomic E-state index is 0.795. The third kappa shape index (κ3) is 3.31. The molecule has 1 aromatic heterocycles. The standard InChI is InChI=1S/C18H23NS/c1-19(14-15-6-3-2-4-7-15)12-10-16-8-5-9-18-17(16)11-13-20-18/h2-4,6-7,11,13,16H,5,8-10,12,14H2,1H3. The van der Waals surface area contributed by atoms with Gasteiger partial charge in [-0.15, -0.1) is 11.3 Å². The first kappa shape index (κ1) is 13.8. The zero-order valence-electron chi connectivity index (χ0n) is 12.2. The summed E-state index contributed by atoms with van der Waals surface area (Å²) in [6.45, 7) is 2.25. The lowest BCUT2D eigenvalue weighted by atomic mass is 9.85. The van der Waals surface area contributed by atoms with Crippen LogP contribution < -0.4 is 0 Å². The van der Waals surface area contributed by atoms with Crippen molar-refractivity contribution in [1.29, 1.82) is 0 Å². The summed E-state index contributed by atoms with van der Waals surface area (Å²) in [5, 5.41) is 2.27. The molecule has 0 radical (unpaired) electrons. The molecule has 1 unspecified atom stereocenters. The quantitative estimate of drug-likeness (QED) is 0.770. The van der Waals surface area contributed by atoms with E-state index in [4.69, 9.17) is 0 Å². The Balaban J connectivity index is 1.53. The van der Waals surface area contributed by atoms with Gasteiger partial charge in [0.2, 0.25) is 0 Å². The van der Waals surface area contributed by atoms with E-state index in [1.807, 2.05) is 11.3 Å². The molecule has 20 heavy (non-hydrogen) atoms. The van der Waals surface area contributed by atoms with Gasteiger partial charge in [-0.05, 0) is 67.8 Å². The van der Waals surface area contributed by atoms with Crippen LogP contribution in [-0.4, -0.2) is 18.5 Å². The Kier molecular flexibility index (Phi) is 4.54. The van der Waals surface area contributed by atoms with E-state index >= 15 is 0 Å². The second kappa shape index (κ2) is 6.55. The number of rotatable bonds is 5. The van der Waals surface area contributed by atoms with Gasteiger partial charge in [0.05, 0.1) is 0 Å². The number of benzene rings is 1. The van der Waals surface area contributed by atoms with Crippen molar-refractivity contribution in [2.45, 2.75) is 38.1 Å². The van der Waals surface area contributed by atoms with Crippen molar-refractivity contribution < 1.29 is 0 Å². The van der Waals surface area contributed by atoms with Gasteiger partial charge >= 0.3 is 0 Å². The predicted octanol–water partition coefficient (Wildman–Crippen LogP) is 4.69. The van der Waals surface area contributed by atoms with Gasteiger partial charge < -0.3 is 4.90 Å². The fourth-order valence-corrected chi connectivity index (χ4v) is 4.24. The summed E-state index contributed by atoms with van der Waals surface area (Å²) in [4.78, 5) is 4.10. The highest BCUT2D eigenvalue weighted by molar-refractivity contribution is 7.10. The SMILES string of the molecule is CN(CCC1CCCc2sccc21)Cc1ccccc1. The first-order chi connectivity index (χ1) is 9.83. The third-order valence-electron chi connectivity index (χ3n) is 4.33. The van der Waals surface area contributed by atoms with Gasteiger partial charge in [0.25, 0.3) is 0 Å². The lowest BCUT2D eigenvalue weighted by molar-refractivity contribution is 0.305. The zero-order valence-corrected chi connectivity index (χ0v) is 13.0. The van der Waals surface area contributed by atoms with Gasteiger partial charge in [-0.25, -0.2) is 0 Å². The maximum Gasteiger partial charge on any atom is 0.0230 e. The van der Waals surface area contributed by atoms with E-state index in [-0.39, 0.29) is 0 Å². The Hall–Kier alpha value is -1.12. The molecule has 0 spiro atoms. The van der Waals surface area contributed by atoms with Crippen LogP contribution in [0.15, 0.2) is 41.8 Å². The molecule has 1 aromatic carbocycles. The van der Waals surface area contributed by atoms with Crippen molar-refractivity contribution in [1.82, 2.24) is 4.90 Å². The maximum absolute atomic E-state index is 2.45. The summed E-state index contributed by atoms with van der Waals surface area (Å²) in [6.07, 6.45) is 5.36. The molecule has 2 aromatic rings. The minimum Gasteiger partial charge on any atom is -0.302 e. The molecule has 3 rings (SSSR count). The van der Waals surface area contributed by atoms with Crippen LogP contribution in [0.2, 0.25) is 0 Å². The Morgan fingerprint density at radius 3 is 2.90 bits per heavy atom. The molecule has 1 heterocycles. The van der Waals surface area contributed by atoms with Gasteiger partial charge in [0.15, 0.2) is 0 Å². The van der Waals surface area contributed by atoms with E-state index < -0.39 is 0 Å². The predicted molar refractivity (Wildman–Crippen MR) is 87.4 cm³/mol. The molecule has 0 fully saturated rings. The van der Waals surface area contributed by atoms with Crippen molar-refractivity contribution in [2.24, 2.45) is 0 Å². The minimum absolute atomic E-state index is 0.795. The number of aryl methyl sites for hydroxylation is 1. The average molecular weight is 285 g/mol. The smallest absolute Gasteiger partial charge is 0.0230 e. The van der Waals surface area contributed by atoms with E-state index in [1.165, 1.54) is 37.8 Å². The number of fused-ring (bicyclic) bond motifs is 1. The summed E-state index contributed by atoms with van der Waals surface area (Å²) in [5.41, 5.74) is 3.06. The maximum atomic E-state index is 2.45. The first-order valence-electron chi connectivity index (χ1n) is 7.61. The molecule has 0 saturated heterocycles. The van der Waals surface area contributed by atoms with E-state index in [0.717, 1.165) is 12.5 Å². The molecular weight excluding hydrogens is 262 g/mol. The second-order valence-corrected chi connectivity index (χ2v) is 6.90. The van der Waals surface area contributed by atoms with Crippen LogP contribution in [0.1, 0.15) is 41.2 Å². The topological polar surface area (TPSA) is 3.24 Å². The Morgan fingerprint density at radius 1 is 1.20 bits per heavy atom. The molecule has 1 aliphatic carbocycles. The first-order valence-corrected chi connectivity index (χ1v) is 8.49. The van der Waals surface area contributed by atoms with Crippen LogP contribution in [0, 0.1) is 0 Å². The van der Waals surface area contributed by atoms with Gasteiger partial charge in [0, 0.05) is 11.4 Å². The summed E-state index contributed by atoms with van der Waals surface area (Å²) >= 11 is 1.95. The highest BCUT2D eigenvalue weighted by Crippen LogP contribution is 2.36. The van der Waals surface area contributed by atoms with Crippen molar-refractivity contribution in [3.63, 3.8) is 0 Å². The van der Waals surface area contributed by atoms with Crippen LogP contribution in [0.5, 0.6) is 0 Å². The van der Waals surface area contributed by atoms with Gasteiger partial charge in [0.1, 0.15) is 0 Å². The highest BCUT2D eigenvalue weighted by Gasteiger charge is 2.21. The molecule has 1 aliphatic rings. The summed E-state index contributed by atoms with van der Waals surface area (Å²) in [5.74, 6) is 0.795. The number of nitrogens with zero attached hydrogens (tertiary/aromatic N) is 1. The molecule has 0 amide bonds. The van der Waals surface area contributed by atoms with Crippen LogP contribution in [0.4, 0.5) is 0 Å². The third-order valence-corrected chi connectivity index (χ3v) is 5.33. The van der Waals surface area contributed by atoms with E-state index in [9.17, 15) is 0 Å². The summed E-state index contributed by atoms with van der Waals surface area (Å²) in [7, 11) is 2.24. The Morgan fingerprint density at radius 2 is 2.05 bits per heavy atom. The fraction of sp³-hybridized carbons (Fsp3) is 0.444.